The number of benzene rings is 1. The molecular weight excluding hydrogens is 218 g/mol. The molecule has 2 atom stereocenters. The van der Waals surface area contributed by atoms with Gasteiger partial charge in [-0.05, 0) is 35.8 Å². The van der Waals surface area contributed by atoms with E-state index in [1.807, 2.05) is 6.08 Å². The second-order valence-electron chi connectivity index (χ2n) is 5.90. The highest BCUT2D eigenvalue weighted by Crippen LogP contribution is 2.21. The third kappa shape index (κ3) is 3.71. The van der Waals surface area contributed by atoms with Gasteiger partial charge in [0, 0.05) is 19.6 Å². The van der Waals surface area contributed by atoms with Crippen LogP contribution in [0.2, 0.25) is 0 Å². The molecule has 2 unspecified atom stereocenters. The predicted octanol–water partition coefficient (Wildman–Crippen LogP) is 3.85. The molecule has 1 heteroatoms. The Labute approximate surface area is 112 Å². The summed E-state index contributed by atoms with van der Waals surface area (Å²) < 4.78 is 0. The van der Waals surface area contributed by atoms with Crippen molar-refractivity contribution in [3.8, 4) is 0 Å². The zero-order valence-corrected chi connectivity index (χ0v) is 11.7. The molecule has 0 bridgehead atoms. The van der Waals surface area contributed by atoms with Crippen molar-refractivity contribution in [2.75, 3.05) is 19.6 Å². The average molecular weight is 243 g/mol. The van der Waals surface area contributed by atoms with Crippen LogP contribution in [0.4, 0.5) is 0 Å². The van der Waals surface area contributed by atoms with E-state index in [4.69, 9.17) is 0 Å². The number of piperidine rings is 1. The maximum Gasteiger partial charge on any atom is 0.00220 e. The summed E-state index contributed by atoms with van der Waals surface area (Å²) in [5.41, 5.74) is 2.64. The van der Waals surface area contributed by atoms with Gasteiger partial charge in [0.05, 0.1) is 0 Å². The Hall–Kier alpha value is -1.08. The molecule has 1 aromatic carbocycles. The van der Waals surface area contributed by atoms with Gasteiger partial charge in [-0.15, -0.1) is 0 Å². The van der Waals surface area contributed by atoms with Gasteiger partial charge in [-0.25, -0.2) is 0 Å². The zero-order chi connectivity index (χ0) is 13.0. The highest BCUT2D eigenvalue weighted by Gasteiger charge is 2.21. The number of nitrogens with zero attached hydrogens (tertiary/aromatic N) is 1. The molecule has 98 valence electrons. The van der Waals surface area contributed by atoms with Crippen LogP contribution in [-0.4, -0.2) is 24.5 Å². The minimum atomic E-state index is 0.858. The molecule has 1 aromatic rings. The molecule has 1 nitrogen and oxygen atoms in total. The number of hydrogen-bond acceptors (Lipinski definition) is 1. The van der Waals surface area contributed by atoms with Crippen LogP contribution in [0.3, 0.4) is 0 Å². The lowest BCUT2D eigenvalue weighted by Gasteiger charge is -2.34. The standard InChI is InChI=1S/C17H25N/c1-4-16-5-7-17(8-6-16)9-10-18-12-14(2)11-15(3)13-18/h4-8,14-15H,1,9-13H2,2-3H3. The first-order valence-corrected chi connectivity index (χ1v) is 7.11. The van der Waals surface area contributed by atoms with E-state index >= 15 is 0 Å². The molecule has 2 rings (SSSR count). The van der Waals surface area contributed by atoms with Crippen molar-refractivity contribution in [2.45, 2.75) is 26.7 Å². The van der Waals surface area contributed by atoms with Gasteiger partial charge in [0.25, 0.3) is 0 Å². The van der Waals surface area contributed by atoms with Crippen LogP contribution in [0.15, 0.2) is 30.8 Å². The van der Waals surface area contributed by atoms with E-state index in [0.717, 1.165) is 18.3 Å². The van der Waals surface area contributed by atoms with Crippen molar-refractivity contribution in [1.82, 2.24) is 4.90 Å². The first kappa shape index (κ1) is 13.4. The number of likely N-dealkylation sites (tertiary alicyclic amines) is 1. The van der Waals surface area contributed by atoms with Crippen LogP contribution >= 0.6 is 0 Å². The van der Waals surface area contributed by atoms with Crippen LogP contribution in [0, 0.1) is 11.8 Å². The molecule has 0 radical (unpaired) electrons. The Morgan fingerprint density at radius 3 is 2.33 bits per heavy atom. The predicted molar refractivity (Wildman–Crippen MR) is 79.6 cm³/mol. The molecule has 1 aliphatic heterocycles. The second-order valence-corrected chi connectivity index (χ2v) is 5.90. The van der Waals surface area contributed by atoms with Gasteiger partial charge in [-0.2, -0.15) is 0 Å². The molecule has 1 fully saturated rings. The maximum absolute atomic E-state index is 3.79. The molecule has 1 saturated heterocycles. The van der Waals surface area contributed by atoms with E-state index in [2.05, 4.69) is 49.6 Å². The fourth-order valence-electron chi connectivity index (χ4n) is 3.08. The van der Waals surface area contributed by atoms with Crippen LogP contribution in [-0.2, 0) is 6.42 Å². The van der Waals surface area contributed by atoms with Gasteiger partial charge in [0.15, 0.2) is 0 Å². The third-order valence-electron chi connectivity index (χ3n) is 3.88. The van der Waals surface area contributed by atoms with Crippen molar-refractivity contribution in [3.05, 3.63) is 42.0 Å². The summed E-state index contributed by atoms with van der Waals surface area (Å²) in [4.78, 5) is 2.63. The third-order valence-corrected chi connectivity index (χ3v) is 3.88. The Bertz CT molecular complexity index is 369. The van der Waals surface area contributed by atoms with Crippen LogP contribution in [0.25, 0.3) is 6.08 Å². The highest BCUT2D eigenvalue weighted by atomic mass is 15.1. The zero-order valence-electron chi connectivity index (χ0n) is 11.7. The minimum absolute atomic E-state index is 0.858. The summed E-state index contributed by atoms with van der Waals surface area (Å²) in [5.74, 6) is 1.72. The lowest BCUT2D eigenvalue weighted by atomic mass is 9.91. The minimum Gasteiger partial charge on any atom is -0.302 e. The summed E-state index contributed by atoms with van der Waals surface area (Å²) in [7, 11) is 0. The molecule has 0 spiro atoms. The molecule has 0 N–H and O–H groups in total. The van der Waals surface area contributed by atoms with Crippen molar-refractivity contribution in [2.24, 2.45) is 11.8 Å². The molecular formula is C17H25N. The van der Waals surface area contributed by atoms with Crippen LogP contribution < -0.4 is 0 Å². The maximum atomic E-state index is 3.79. The summed E-state index contributed by atoms with van der Waals surface area (Å²) in [6.45, 7) is 12.3. The van der Waals surface area contributed by atoms with Crippen molar-refractivity contribution >= 4 is 6.08 Å². The molecule has 0 saturated carbocycles. The van der Waals surface area contributed by atoms with E-state index in [9.17, 15) is 0 Å². The first-order chi connectivity index (χ1) is 8.67. The van der Waals surface area contributed by atoms with Gasteiger partial charge >= 0.3 is 0 Å². The fourth-order valence-corrected chi connectivity index (χ4v) is 3.08. The van der Waals surface area contributed by atoms with E-state index in [-0.39, 0.29) is 0 Å². The van der Waals surface area contributed by atoms with E-state index in [1.54, 1.807) is 0 Å². The van der Waals surface area contributed by atoms with Gasteiger partial charge in [0.2, 0.25) is 0 Å². The molecule has 18 heavy (non-hydrogen) atoms. The quantitative estimate of drug-likeness (QED) is 0.776. The van der Waals surface area contributed by atoms with Gasteiger partial charge in [-0.1, -0.05) is 50.8 Å². The summed E-state index contributed by atoms with van der Waals surface area (Å²) >= 11 is 0. The van der Waals surface area contributed by atoms with Crippen molar-refractivity contribution < 1.29 is 0 Å². The fraction of sp³-hybridized carbons (Fsp3) is 0.529. The summed E-state index contributed by atoms with van der Waals surface area (Å²) in [6, 6.07) is 8.77. The van der Waals surface area contributed by atoms with E-state index in [1.165, 1.54) is 37.2 Å². The highest BCUT2D eigenvalue weighted by molar-refractivity contribution is 5.47. The topological polar surface area (TPSA) is 3.24 Å². The monoisotopic (exact) mass is 243 g/mol. The van der Waals surface area contributed by atoms with E-state index in [0.29, 0.717) is 0 Å². The van der Waals surface area contributed by atoms with Crippen LogP contribution in [0.1, 0.15) is 31.4 Å². The van der Waals surface area contributed by atoms with Crippen LogP contribution in [0.5, 0.6) is 0 Å². The second kappa shape index (κ2) is 6.19. The Kier molecular flexibility index (Phi) is 4.60. The Morgan fingerprint density at radius 1 is 1.17 bits per heavy atom. The lowest BCUT2D eigenvalue weighted by Crippen LogP contribution is -2.39. The molecule has 0 aliphatic carbocycles. The summed E-state index contributed by atoms with van der Waals surface area (Å²) in [6.07, 6.45) is 4.46. The first-order valence-electron chi connectivity index (χ1n) is 7.11. The average Bonchev–Trinajstić information content (AvgIpc) is 2.36. The van der Waals surface area contributed by atoms with Gasteiger partial charge < -0.3 is 4.90 Å². The van der Waals surface area contributed by atoms with Crippen molar-refractivity contribution in [3.63, 3.8) is 0 Å². The molecule has 0 aromatic heterocycles. The van der Waals surface area contributed by atoms with Crippen molar-refractivity contribution in [1.29, 1.82) is 0 Å². The number of hydrogen-bond donors (Lipinski definition) is 0. The Morgan fingerprint density at radius 2 is 1.78 bits per heavy atom. The van der Waals surface area contributed by atoms with E-state index < -0.39 is 0 Å². The Balaban J connectivity index is 1.84. The lowest BCUT2D eigenvalue weighted by molar-refractivity contribution is 0.142. The number of rotatable bonds is 4. The summed E-state index contributed by atoms with van der Waals surface area (Å²) in [5, 5.41) is 0. The molecule has 1 heterocycles. The molecule has 0 amide bonds. The largest absolute Gasteiger partial charge is 0.302 e. The smallest absolute Gasteiger partial charge is 0.00220 e. The van der Waals surface area contributed by atoms with Gasteiger partial charge in [0.1, 0.15) is 0 Å². The SMILES string of the molecule is C=Cc1ccc(CCN2CC(C)CC(C)C2)cc1. The van der Waals surface area contributed by atoms with Gasteiger partial charge in [-0.3, -0.25) is 0 Å². The normalized spacial score (nSPS) is 25.0. The molecule has 1 aliphatic rings.